The maximum atomic E-state index is 13.0. The van der Waals surface area contributed by atoms with E-state index in [9.17, 15) is 12.8 Å². The van der Waals surface area contributed by atoms with Crippen molar-refractivity contribution in [3.05, 3.63) is 30.1 Å². The van der Waals surface area contributed by atoms with Gasteiger partial charge in [-0.2, -0.15) is 4.31 Å². The van der Waals surface area contributed by atoms with E-state index in [1.807, 2.05) is 0 Å². The maximum Gasteiger partial charge on any atom is 0.243 e. The number of sulfonamides is 1. The zero-order chi connectivity index (χ0) is 16.4. The molecule has 0 radical (unpaired) electrons. The Bertz CT molecular complexity index is 616. The normalized spacial score (nSPS) is 27.9. The average Bonchev–Trinajstić information content (AvgIpc) is 2.56. The van der Waals surface area contributed by atoms with Crippen molar-refractivity contribution in [3.8, 4) is 0 Å². The molecule has 0 aromatic heterocycles. The van der Waals surface area contributed by atoms with Crippen LogP contribution in [-0.2, 0) is 10.0 Å². The van der Waals surface area contributed by atoms with E-state index >= 15 is 0 Å². The molecule has 128 valence electrons. The second kappa shape index (κ2) is 6.87. The van der Waals surface area contributed by atoms with E-state index in [1.165, 1.54) is 50.2 Å². The summed E-state index contributed by atoms with van der Waals surface area (Å²) in [5.74, 6) is 0.420. The summed E-state index contributed by atoms with van der Waals surface area (Å²) in [6, 6.07) is 5.71. The molecular formula is C17H26FN2O2S+. The standard InChI is InChI=1S/C17H25FN2O2S/c1-14-6-10-19(11-7-14)16-8-12-20(13-9-16)23(21,22)17-4-2-15(18)3-5-17/h2-5,14,16H,6-13H2,1H3/p+1. The van der Waals surface area contributed by atoms with Crippen LogP contribution in [0.5, 0.6) is 0 Å². The molecule has 1 aromatic rings. The van der Waals surface area contributed by atoms with Crippen molar-refractivity contribution in [2.45, 2.75) is 43.5 Å². The van der Waals surface area contributed by atoms with Crippen LogP contribution in [-0.4, -0.2) is 44.9 Å². The predicted molar refractivity (Wildman–Crippen MR) is 87.3 cm³/mol. The number of hydrogen-bond acceptors (Lipinski definition) is 2. The Labute approximate surface area is 138 Å². The molecule has 3 rings (SSSR count). The molecule has 0 atom stereocenters. The first-order chi connectivity index (χ1) is 11.0. The van der Waals surface area contributed by atoms with Gasteiger partial charge in [0.2, 0.25) is 10.0 Å². The van der Waals surface area contributed by atoms with Gasteiger partial charge in [0.05, 0.1) is 24.0 Å². The minimum atomic E-state index is -3.48. The van der Waals surface area contributed by atoms with Crippen LogP contribution in [0, 0.1) is 11.7 Å². The fourth-order valence-electron chi connectivity index (χ4n) is 3.80. The highest BCUT2D eigenvalue weighted by molar-refractivity contribution is 7.89. The number of nitrogens with zero attached hydrogens (tertiary/aromatic N) is 1. The highest BCUT2D eigenvalue weighted by atomic mass is 32.2. The van der Waals surface area contributed by atoms with E-state index in [2.05, 4.69) is 6.92 Å². The Morgan fingerprint density at radius 3 is 2.17 bits per heavy atom. The lowest BCUT2D eigenvalue weighted by Gasteiger charge is -2.38. The number of hydrogen-bond donors (Lipinski definition) is 1. The van der Waals surface area contributed by atoms with E-state index in [4.69, 9.17) is 0 Å². The lowest BCUT2D eigenvalue weighted by atomic mass is 9.95. The second-order valence-corrected chi connectivity index (χ2v) is 8.91. The third-order valence-corrected chi connectivity index (χ3v) is 7.31. The van der Waals surface area contributed by atoms with E-state index < -0.39 is 15.8 Å². The third-order valence-electron chi connectivity index (χ3n) is 5.40. The quantitative estimate of drug-likeness (QED) is 0.900. The van der Waals surface area contributed by atoms with E-state index in [0.29, 0.717) is 19.1 Å². The molecule has 6 heteroatoms. The van der Waals surface area contributed by atoms with Crippen molar-refractivity contribution in [2.75, 3.05) is 26.2 Å². The van der Waals surface area contributed by atoms with Crippen LogP contribution < -0.4 is 4.90 Å². The largest absolute Gasteiger partial charge is 0.332 e. The molecule has 23 heavy (non-hydrogen) atoms. The number of piperidine rings is 2. The van der Waals surface area contributed by atoms with E-state index in [0.717, 1.165) is 18.8 Å². The van der Waals surface area contributed by atoms with Gasteiger partial charge in [0.1, 0.15) is 5.82 Å². The number of rotatable bonds is 3. The highest BCUT2D eigenvalue weighted by Gasteiger charge is 2.34. The number of nitrogens with one attached hydrogen (secondary N) is 1. The van der Waals surface area contributed by atoms with Gasteiger partial charge < -0.3 is 4.90 Å². The van der Waals surface area contributed by atoms with Crippen molar-refractivity contribution in [1.82, 2.24) is 4.31 Å². The number of benzene rings is 1. The van der Waals surface area contributed by atoms with Crippen molar-refractivity contribution in [2.24, 2.45) is 5.92 Å². The molecule has 2 heterocycles. The summed E-state index contributed by atoms with van der Waals surface area (Å²) in [4.78, 5) is 1.85. The van der Waals surface area contributed by atoms with Gasteiger partial charge in [-0.05, 0) is 43.0 Å². The summed E-state index contributed by atoms with van der Waals surface area (Å²) in [5, 5.41) is 0. The summed E-state index contributed by atoms with van der Waals surface area (Å²) >= 11 is 0. The second-order valence-electron chi connectivity index (χ2n) is 6.97. The molecule has 4 nitrogen and oxygen atoms in total. The van der Waals surface area contributed by atoms with Gasteiger partial charge in [0.25, 0.3) is 0 Å². The van der Waals surface area contributed by atoms with Crippen LogP contribution in [0.15, 0.2) is 29.2 Å². The third kappa shape index (κ3) is 3.75. The first-order valence-corrected chi connectivity index (χ1v) is 10.0. The lowest BCUT2D eigenvalue weighted by molar-refractivity contribution is -0.932. The first-order valence-electron chi connectivity index (χ1n) is 8.57. The zero-order valence-electron chi connectivity index (χ0n) is 13.7. The monoisotopic (exact) mass is 341 g/mol. The van der Waals surface area contributed by atoms with E-state index in [-0.39, 0.29) is 4.90 Å². The average molecular weight is 341 g/mol. The molecule has 1 N–H and O–H groups in total. The summed E-state index contributed by atoms with van der Waals surface area (Å²) in [7, 11) is -3.48. The number of quaternary nitrogens is 1. The minimum absolute atomic E-state index is 0.191. The molecule has 1 aromatic carbocycles. The molecule has 0 spiro atoms. The first kappa shape index (κ1) is 16.9. The molecule has 2 fully saturated rings. The fraction of sp³-hybridized carbons (Fsp3) is 0.647. The van der Waals surface area contributed by atoms with Gasteiger partial charge in [-0.25, -0.2) is 12.8 Å². The molecular weight excluding hydrogens is 315 g/mol. The Kier molecular flexibility index (Phi) is 5.04. The Morgan fingerprint density at radius 2 is 1.61 bits per heavy atom. The predicted octanol–water partition coefficient (Wildman–Crippen LogP) is 1.29. The van der Waals surface area contributed by atoms with Crippen molar-refractivity contribution >= 4 is 10.0 Å². The Balaban J connectivity index is 1.61. The van der Waals surface area contributed by atoms with E-state index in [1.54, 1.807) is 9.21 Å². The van der Waals surface area contributed by atoms with Crippen molar-refractivity contribution in [3.63, 3.8) is 0 Å². The summed E-state index contributed by atoms with van der Waals surface area (Å²) in [6.07, 6.45) is 4.40. The topological polar surface area (TPSA) is 41.8 Å². The maximum absolute atomic E-state index is 13.0. The van der Waals surface area contributed by atoms with Gasteiger partial charge in [-0.1, -0.05) is 6.92 Å². The van der Waals surface area contributed by atoms with Crippen LogP contribution in [0.2, 0.25) is 0 Å². The van der Waals surface area contributed by atoms with Crippen molar-refractivity contribution < 1.29 is 17.7 Å². The highest BCUT2D eigenvalue weighted by Crippen LogP contribution is 2.21. The molecule has 0 aliphatic carbocycles. The van der Waals surface area contributed by atoms with Gasteiger partial charge in [0.15, 0.2) is 0 Å². The molecule has 2 aliphatic heterocycles. The summed E-state index contributed by atoms with van der Waals surface area (Å²) in [6.45, 7) is 5.90. The molecule has 0 amide bonds. The van der Waals surface area contributed by atoms with Crippen LogP contribution in [0.25, 0.3) is 0 Å². The zero-order valence-corrected chi connectivity index (χ0v) is 14.5. The van der Waals surface area contributed by atoms with Crippen LogP contribution in [0.1, 0.15) is 32.6 Å². The SMILES string of the molecule is CC1CC[NH+](C2CCN(S(=O)(=O)c3ccc(F)cc3)CC2)CC1. The lowest BCUT2D eigenvalue weighted by Crippen LogP contribution is -3.17. The Hall–Kier alpha value is -0.980. The number of likely N-dealkylation sites (tertiary alicyclic amines) is 1. The molecule has 2 aliphatic rings. The van der Waals surface area contributed by atoms with Gasteiger partial charge >= 0.3 is 0 Å². The van der Waals surface area contributed by atoms with Crippen molar-refractivity contribution in [1.29, 1.82) is 0 Å². The van der Waals surface area contributed by atoms with Crippen LogP contribution in [0.3, 0.4) is 0 Å². The molecule has 0 unspecified atom stereocenters. The Morgan fingerprint density at radius 1 is 1.04 bits per heavy atom. The van der Waals surface area contributed by atoms with Gasteiger partial charge in [-0.3, -0.25) is 0 Å². The minimum Gasteiger partial charge on any atom is -0.332 e. The van der Waals surface area contributed by atoms with Gasteiger partial charge in [0, 0.05) is 25.9 Å². The van der Waals surface area contributed by atoms with Crippen LogP contribution in [0.4, 0.5) is 4.39 Å². The van der Waals surface area contributed by atoms with Crippen LogP contribution >= 0.6 is 0 Å². The number of halogens is 1. The summed E-state index contributed by atoms with van der Waals surface area (Å²) < 4.78 is 39.8. The molecule has 0 saturated carbocycles. The molecule has 2 saturated heterocycles. The fourth-order valence-corrected chi connectivity index (χ4v) is 5.27. The smallest absolute Gasteiger partial charge is 0.243 e. The van der Waals surface area contributed by atoms with Gasteiger partial charge in [-0.15, -0.1) is 0 Å². The molecule has 0 bridgehead atoms. The summed E-state index contributed by atoms with van der Waals surface area (Å²) in [5.41, 5.74) is 0.